The molecule has 0 bridgehead atoms. The van der Waals surface area contributed by atoms with E-state index >= 15 is 0 Å². The molecule has 20 heavy (non-hydrogen) atoms. The van der Waals surface area contributed by atoms with Gasteiger partial charge in [0.15, 0.2) is 0 Å². The number of hydrogen-bond acceptors (Lipinski definition) is 2. The summed E-state index contributed by atoms with van der Waals surface area (Å²) in [5.41, 5.74) is 0.105. The number of amides is 1. The van der Waals surface area contributed by atoms with Crippen molar-refractivity contribution in [2.24, 2.45) is 5.92 Å². The number of carbonyl (C=O) groups is 2. The summed E-state index contributed by atoms with van der Waals surface area (Å²) in [5.74, 6) is -1.36. The Hall–Kier alpha value is -1.84. The summed E-state index contributed by atoms with van der Waals surface area (Å²) in [6.07, 6.45) is 0.697. The van der Waals surface area contributed by atoms with Gasteiger partial charge in [-0.15, -0.1) is 0 Å². The second-order valence-corrected chi connectivity index (χ2v) is 5.67. The molecule has 0 heterocycles. The zero-order valence-electron chi connectivity index (χ0n) is 12.5. The van der Waals surface area contributed by atoms with Crippen LogP contribution in [-0.2, 0) is 15.0 Å². The van der Waals surface area contributed by atoms with Crippen molar-refractivity contribution in [2.75, 3.05) is 0 Å². The van der Waals surface area contributed by atoms with Gasteiger partial charge in [0.2, 0.25) is 5.91 Å². The lowest BCUT2D eigenvalue weighted by Gasteiger charge is -2.28. The Bertz CT molecular complexity index is 468. The van der Waals surface area contributed by atoms with E-state index in [9.17, 15) is 14.7 Å². The van der Waals surface area contributed by atoms with Crippen LogP contribution in [0.4, 0.5) is 0 Å². The van der Waals surface area contributed by atoms with Crippen LogP contribution in [0.25, 0.3) is 0 Å². The number of aliphatic carboxylic acids is 1. The first-order valence-electron chi connectivity index (χ1n) is 6.90. The fourth-order valence-corrected chi connectivity index (χ4v) is 1.99. The predicted molar refractivity (Wildman–Crippen MR) is 78.5 cm³/mol. The van der Waals surface area contributed by atoms with Crippen molar-refractivity contribution in [3.8, 4) is 0 Å². The lowest BCUT2D eigenvalue weighted by molar-refractivity contribution is -0.144. The van der Waals surface area contributed by atoms with E-state index in [1.807, 2.05) is 44.2 Å². The first-order chi connectivity index (χ1) is 9.30. The third kappa shape index (κ3) is 3.59. The Labute approximate surface area is 120 Å². The molecule has 0 aliphatic heterocycles. The Morgan fingerprint density at radius 3 is 2.25 bits per heavy atom. The van der Waals surface area contributed by atoms with Gasteiger partial charge in [-0.3, -0.25) is 4.79 Å². The van der Waals surface area contributed by atoms with Crippen LogP contribution in [0.15, 0.2) is 30.3 Å². The van der Waals surface area contributed by atoms with Crippen LogP contribution in [0.5, 0.6) is 0 Å². The number of rotatable bonds is 6. The van der Waals surface area contributed by atoms with Gasteiger partial charge in [0.1, 0.15) is 6.04 Å². The van der Waals surface area contributed by atoms with Crippen molar-refractivity contribution >= 4 is 11.9 Å². The molecule has 1 rings (SSSR count). The zero-order valence-corrected chi connectivity index (χ0v) is 12.5. The molecule has 1 amide bonds. The summed E-state index contributed by atoms with van der Waals surface area (Å²) < 4.78 is 0. The van der Waals surface area contributed by atoms with Crippen LogP contribution >= 0.6 is 0 Å². The van der Waals surface area contributed by atoms with E-state index in [0.717, 1.165) is 5.56 Å². The van der Waals surface area contributed by atoms with Crippen molar-refractivity contribution in [2.45, 2.75) is 45.6 Å². The largest absolute Gasteiger partial charge is 0.480 e. The van der Waals surface area contributed by atoms with Crippen LogP contribution in [0.2, 0.25) is 0 Å². The standard InChI is InChI=1S/C16H23NO3/c1-5-11(2)13(14(18)19)17-15(20)16(3,4)12-9-7-6-8-10-12/h6-11,13H,5H2,1-4H3,(H,17,20)(H,18,19)/t11?,13-/m0/s1. The fraction of sp³-hybridized carbons (Fsp3) is 0.500. The van der Waals surface area contributed by atoms with Gasteiger partial charge in [0.05, 0.1) is 5.41 Å². The van der Waals surface area contributed by atoms with Crippen LogP contribution in [-0.4, -0.2) is 23.0 Å². The monoisotopic (exact) mass is 277 g/mol. The second kappa shape index (κ2) is 6.55. The van der Waals surface area contributed by atoms with Crippen molar-refractivity contribution in [1.82, 2.24) is 5.32 Å². The molecule has 0 aliphatic rings. The van der Waals surface area contributed by atoms with Crippen LogP contribution in [0.1, 0.15) is 39.7 Å². The summed E-state index contributed by atoms with van der Waals surface area (Å²) in [5, 5.41) is 11.9. The molecule has 110 valence electrons. The highest BCUT2D eigenvalue weighted by Gasteiger charge is 2.34. The first-order valence-corrected chi connectivity index (χ1v) is 6.90. The van der Waals surface area contributed by atoms with E-state index < -0.39 is 17.4 Å². The molecule has 4 heteroatoms. The molecule has 2 N–H and O–H groups in total. The minimum atomic E-state index is -0.989. The topological polar surface area (TPSA) is 66.4 Å². The van der Waals surface area contributed by atoms with Gasteiger partial charge in [-0.25, -0.2) is 4.79 Å². The minimum Gasteiger partial charge on any atom is -0.480 e. The third-order valence-electron chi connectivity index (χ3n) is 3.83. The number of hydrogen-bond donors (Lipinski definition) is 2. The Morgan fingerprint density at radius 2 is 1.80 bits per heavy atom. The quantitative estimate of drug-likeness (QED) is 0.840. The number of carboxylic acids is 1. The van der Waals surface area contributed by atoms with Crippen molar-refractivity contribution in [3.63, 3.8) is 0 Å². The van der Waals surface area contributed by atoms with E-state index in [4.69, 9.17) is 0 Å². The summed E-state index contributed by atoms with van der Waals surface area (Å²) in [6.45, 7) is 7.34. The Morgan fingerprint density at radius 1 is 1.25 bits per heavy atom. The van der Waals surface area contributed by atoms with E-state index in [1.54, 1.807) is 13.8 Å². The molecule has 0 spiro atoms. The van der Waals surface area contributed by atoms with E-state index in [-0.39, 0.29) is 11.8 Å². The van der Waals surface area contributed by atoms with E-state index in [2.05, 4.69) is 5.32 Å². The lowest BCUT2D eigenvalue weighted by Crippen LogP contribution is -2.50. The predicted octanol–water partition coefficient (Wildman–Crippen LogP) is 2.58. The highest BCUT2D eigenvalue weighted by Crippen LogP contribution is 2.23. The van der Waals surface area contributed by atoms with Gasteiger partial charge in [-0.2, -0.15) is 0 Å². The van der Waals surface area contributed by atoms with Crippen LogP contribution in [0, 0.1) is 5.92 Å². The third-order valence-corrected chi connectivity index (χ3v) is 3.83. The number of carboxylic acid groups (broad SMARTS) is 1. The average molecular weight is 277 g/mol. The molecule has 0 aliphatic carbocycles. The summed E-state index contributed by atoms with van der Waals surface area (Å²) in [7, 11) is 0. The lowest BCUT2D eigenvalue weighted by atomic mass is 9.83. The minimum absolute atomic E-state index is 0.108. The molecule has 0 fully saturated rings. The number of carbonyl (C=O) groups excluding carboxylic acids is 1. The number of benzene rings is 1. The summed E-state index contributed by atoms with van der Waals surface area (Å²) in [6, 6.07) is 8.52. The van der Waals surface area contributed by atoms with Gasteiger partial charge < -0.3 is 10.4 Å². The van der Waals surface area contributed by atoms with Crippen LogP contribution in [0.3, 0.4) is 0 Å². The van der Waals surface area contributed by atoms with Crippen molar-refractivity contribution in [1.29, 1.82) is 0 Å². The van der Waals surface area contributed by atoms with Gasteiger partial charge in [0, 0.05) is 0 Å². The van der Waals surface area contributed by atoms with Crippen molar-refractivity contribution in [3.05, 3.63) is 35.9 Å². The molecule has 1 aromatic rings. The molecule has 0 radical (unpaired) electrons. The highest BCUT2D eigenvalue weighted by atomic mass is 16.4. The maximum atomic E-state index is 12.4. The average Bonchev–Trinajstić information content (AvgIpc) is 2.44. The first kappa shape index (κ1) is 16.2. The molecular formula is C16H23NO3. The molecule has 1 aromatic carbocycles. The smallest absolute Gasteiger partial charge is 0.326 e. The van der Waals surface area contributed by atoms with Gasteiger partial charge in [-0.05, 0) is 25.3 Å². The molecule has 1 unspecified atom stereocenters. The summed E-state index contributed by atoms with van der Waals surface area (Å²) >= 11 is 0. The molecule has 0 aromatic heterocycles. The Kier molecular flexibility index (Phi) is 5.31. The zero-order chi connectivity index (χ0) is 15.3. The maximum absolute atomic E-state index is 12.4. The fourth-order valence-electron chi connectivity index (χ4n) is 1.99. The van der Waals surface area contributed by atoms with Gasteiger partial charge in [0.25, 0.3) is 0 Å². The van der Waals surface area contributed by atoms with Crippen LogP contribution < -0.4 is 5.32 Å². The SMILES string of the molecule is CCC(C)[C@H](NC(=O)C(C)(C)c1ccccc1)C(=O)O. The molecule has 0 saturated carbocycles. The van der Waals surface area contributed by atoms with Gasteiger partial charge >= 0.3 is 5.97 Å². The number of nitrogens with one attached hydrogen (secondary N) is 1. The van der Waals surface area contributed by atoms with Gasteiger partial charge in [-0.1, -0.05) is 50.6 Å². The maximum Gasteiger partial charge on any atom is 0.326 e. The molecular weight excluding hydrogens is 254 g/mol. The summed E-state index contributed by atoms with van der Waals surface area (Å²) in [4.78, 5) is 23.7. The van der Waals surface area contributed by atoms with Crippen molar-refractivity contribution < 1.29 is 14.7 Å². The second-order valence-electron chi connectivity index (χ2n) is 5.67. The van der Waals surface area contributed by atoms with E-state index in [1.165, 1.54) is 0 Å². The molecule has 4 nitrogen and oxygen atoms in total. The highest BCUT2D eigenvalue weighted by molar-refractivity contribution is 5.90. The molecule has 0 saturated heterocycles. The Balaban J connectivity index is 2.91. The van der Waals surface area contributed by atoms with E-state index in [0.29, 0.717) is 6.42 Å². The normalized spacial score (nSPS) is 14.4. The molecule has 2 atom stereocenters.